The summed E-state index contributed by atoms with van der Waals surface area (Å²) in [5, 5.41) is 2.92. The van der Waals surface area contributed by atoms with Gasteiger partial charge in [-0.15, -0.1) is 0 Å². The maximum atomic E-state index is 12.5. The third kappa shape index (κ3) is 4.42. The Morgan fingerprint density at radius 2 is 1.78 bits per heavy atom. The number of carbonyl (C=O) groups is 1. The Morgan fingerprint density at radius 3 is 2.52 bits per heavy atom. The molecule has 1 aromatic heterocycles. The fraction of sp³-hybridized carbons (Fsp3) is 0.318. The molecule has 0 fully saturated rings. The Labute approximate surface area is 159 Å². The van der Waals surface area contributed by atoms with E-state index in [4.69, 9.17) is 0 Å². The molecule has 0 unspecified atom stereocenters. The zero-order valence-corrected chi connectivity index (χ0v) is 16.1. The molecule has 0 radical (unpaired) electrons. The number of carbonyl (C=O) groups excluding carboxylic acids is 1. The highest BCUT2D eigenvalue weighted by Gasteiger charge is 2.12. The zero-order valence-electron chi connectivity index (χ0n) is 16.1. The predicted molar refractivity (Wildman–Crippen MR) is 108 cm³/mol. The van der Waals surface area contributed by atoms with Gasteiger partial charge in [-0.25, -0.2) is 4.98 Å². The number of benzene rings is 2. The van der Waals surface area contributed by atoms with Crippen molar-refractivity contribution in [1.82, 2.24) is 14.9 Å². The van der Waals surface area contributed by atoms with Crippen LogP contribution in [-0.2, 0) is 17.8 Å². The average molecular weight is 363 g/mol. The third-order valence-electron chi connectivity index (χ3n) is 4.83. The zero-order chi connectivity index (χ0) is 19.4. The highest BCUT2D eigenvalue weighted by Crippen LogP contribution is 2.17. The second-order valence-corrected chi connectivity index (χ2v) is 6.95. The van der Waals surface area contributed by atoms with Gasteiger partial charge in [0.1, 0.15) is 12.2 Å². The lowest BCUT2D eigenvalue weighted by Crippen LogP contribution is -2.34. The van der Waals surface area contributed by atoms with Crippen molar-refractivity contribution in [2.45, 2.75) is 40.2 Å². The van der Waals surface area contributed by atoms with Gasteiger partial charge in [0.15, 0.2) is 0 Å². The SMILES string of the molecule is Cc1cc2nc(C)c(=O)n(CC(=O)NCCCc3ccccc3)c2cc1C. The van der Waals surface area contributed by atoms with Crippen molar-refractivity contribution in [3.63, 3.8) is 0 Å². The Bertz CT molecular complexity index is 1020. The molecule has 5 heteroatoms. The number of aromatic nitrogens is 2. The molecule has 0 saturated heterocycles. The van der Waals surface area contributed by atoms with Gasteiger partial charge in [-0.05, 0) is 62.4 Å². The molecule has 27 heavy (non-hydrogen) atoms. The van der Waals surface area contributed by atoms with Crippen LogP contribution in [-0.4, -0.2) is 22.0 Å². The first-order valence-electron chi connectivity index (χ1n) is 9.24. The first-order chi connectivity index (χ1) is 13.0. The number of hydrogen-bond acceptors (Lipinski definition) is 3. The number of nitrogens with one attached hydrogen (secondary N) is 1. The van der Waals surface area contributed by atoms with Crippen LogP contribution in [0.15, 0.2) is 47.3 Å². The normalized spacial score (nSPS) is 10.9. The summed E-state index contributed by atoms with van der Waals surface area (Å²) in [6, 6.07) is 14.1. The maximum Gasteiger partial charge on any atom is 0.272 e. The molecule has 1 N–H and O–H groups in total. The van der Waals surface area contributed by atoms with Crippen LogP contribution in [0.25, 0.3) is 11.0 Å². The number of fused-ring (bicyclic) bond motifs is 1. The highest BCUT2D eigenvalue weighted by atomic mass is 16.2. The van der Waals surface area contributed by atoms with E-state index < -0.39 is 0 Å². The second kappa shape index (κ2) is 8.16. The van der Waals surface area contributed by atoms with Gasteiger partial charge in [0.05, 0.1) is 11.0 Å². The van der Waals surface area contributed by atoms with Gasteiger partial charge >= 0.3 is 0 Å². The first-order valence-corrected chi connectivity index (χ1v) is 9.24. The van der Waals surface area contributed by atoms with Gasteiger partial charge in [-0.1, -0.05) is 30.3 Å². The minimum Gasteiger partial charge on any atom is -0.355 e. The molecule has 0 aliphatic carbocycles. The summed E-state index contributed by atoms with van der Waals surface area (Å²) in [5.74, 6) is -0.157. The van der Waals surface area contributed by atoms with Gasteiger partial charge in [-0.3, -0.25) is 14.2 Å². The molecular weight excluding hydrogens is 338 g/mol. The average Bonchev–Trinajstić information content (AvgIpc) is 2.65. The fourth-order valence-corrected chi connectivity index (χ4v) is 3.15. The van der Waals surface area contributed by atoms with Gasteiger partial charge in [0, 0.05) is 6.54 Å². The minimum absolute atomic E-state index is 0.00648. The van der Waals surface area contributed by atoms with E-state index in [0.29, 0.717) is 17.8 Å². The minimum atomic E-state index is -0.217. The van der Waals surface area contributed by atoms with Crippen molar-refractivity contribution >= 4 is 16.9 Å². The molecule has 0 spiro atoms. The van der Waals surface area contributed by atoms with E-state index in [1.807, 2.05) is 44.2 Å². The van der Waals surface area contributed by atoms with Gasteiger partial charge in [0.25, 0.3) is 5.56 Å². The summed E-state index contributed by atoms with van der Waals surface area (Å²) in [6.45, 7) is 6.29. The topological polar surface area (TPSA) is 64.0 Å². The predicted octanol–water partition coefficient (Wildman–Crippen LogP) is 3.07. The smallest absolute Gasteiger partial charge is 0.272 e. The summed E-state index contributed by atoms with van der Waals surface area (Å²) in [4.78, 5) is 29.3. The van der Waals surface area contributed by atoms with Crippen LogP contribution in [0.5, 0.6) is 0 Å². The van der Waals surface area contributed by atoms with Crippen LogP contribution >= 0.6 is 0 Å². The van der Waals surface area contributed by atoms with Crippen LogP contribution in [0.4, 0.5) is 0 Å². The Hall–Kier alpha value is -2.95. The molecule has 3 rings (SSSR count). The van der Waals surface area contributed by atoms with Crippen LogP contribution < -0.4 is 10.9 Å². The van der Waals surface area contributed by atoms with Crippen LogP contribution in [0.1, 0.15) is 28.8 Å². The lowest BCUT2D eigenvalue weighted by atomic mass is 10.1. The molecule has 1 amide bonds. The highest BCUT2D eigenvalue weighted by molar-refractivity contribution is 5.81. The van der Waals surface area contributed by atoms with E-state index in [0.717, 1.165) is 29.5 Å². The van der Waals surface area contributed by atoms with Gasteiger partial charge < -0.3 is 5.32 Å². The molecule has 5 nitrogen and oxygen atoms in total. The summed E-state index contributed by atoms with van der Waals surface area (Å²) in [5.41, 5.74) is 5.08. The van der Waals surface area contributed by atoms with Crippen molar-refractivity contribution in [2.75, 3.05) is 6.54 Å². The number of hydrogen-bond donors (Lipinski definition) is 1. The molecule has 0 bridgehead atoms. The number of amides is 1. The monoisotopic (exact) mass is 363 g/mol. The Kier molecular flexibility index (Phi) is 5.69. The summed E-state index contributed by atoms with van der Waals surface area (Å²) in [6.07, 6.45) is 1.77. The van der Waals surface area contributed by atoms with E-state index in [-0.39, 0.29) is 18.0 Å². The molecule has 2 aromatic carbocycles. The second-order valence-electron chi connectivity index (χ2n) is 6.95. The fourth-order valence-electron chi connectivity index (χ4n) is 3.15. The number of nitrogens with zero attached hydrogens (tertiary/aromatic N) is 2. The van der Waals surface area contributed by atoms with Crippen molar-refractivity contribution in [3.05, 3.63) is 75.2 Å². The summed E-state index contributed by atoms with van der Waals surface area (Å²) >= 11 is 0. The van der Waals surface area contributed by atoms with E-state index in [2.05, 4.69) is 22.4 Å². The molecule has 0 atom stereocenters. The number of rotatable bonds is 6. The molecule has 0 aliphatic heterocycles. The van der Waals surface area contributed by atoms with E-state index in [9.17, 15) is 9.59 Å². The van der Waals surface area contributed by atoms with E-state index in [1.165, 1.54) is 10.1 Å². The third-order valence-corrected chi connectivity index (χ3v) is 4.83. The lowest BCUT2D eigenvalue weighted by Gasteiger charge is -2.13. The summed E-state index contributed by atoms with van der Waals surface area (Å²) in [7, 11) is 0. The molecule has 0 aliphatic rings. The summed E-state index contributed by atoms with van der Waals surface area (Å²) < 4.78 is 1.52. The van der Waals surface area contributed by atoms with Crippen molar-refractivity contribution in [1.29, 1.82) is 0 Å². The van der Waals surface area contributed by atoms with E-state index >= 15 is 0 Å². The van der Waals surface area contributed by atoms with Crippen LogP contribution in [0, 0.1) is 20.8 Å². The Balaban J connectivity index is 1.70. The molecule has 0 saturated carbocycles. The molecule has 140 valence electrons. The molecule has 3 aromatic rings. The van der Waals surface area contributed by atoms with Crippen molar-refractivity contribution in [2.24, 2.45) is 0 Å². The van der Waals surface area contributed by atoms with Gasteiger partial charge in [-0.2, -0.15) is 0 Å². The van der Waals surface area contributed by atoms with Crippen molar-refractivity contribution in [3.8, 4) is 0 Å². The quantitative estimate of drug-likeness (QED) is 0.685. The van der Waals surface area contributed by atoms with Gasteiger partial charge in [0.2, 0.25) is 5.91 Å². The Morgan fingerprint density at radius 1 is 1.07 bits per heavy atom. The number of aryl methyl sites for hydroxylation is 4. The largest absolute Gasteiger partial charge is 0.355 e. The van der Waals surface area contributed by atoms with Crippen LogP contribution in [0.2, 0.25) is 0 Å². The van der Waals surface area contributed by atoms with E-state index in [1.54, 1.807) is 6.92 Å². The molecular formula is C22H25N3O2. The standard InChI is InChI=1S/C22H25N3O2/c1-15-12-19-20(13-16(15)2)25(22(27)17(3)24-19)14-21(26)23-11-7-10-18-8-5-4-6-9-18/h4-6,8-9,12-13H,7,10-11,14H2,1-3H3,(H,23,26). The maximum absolute atomic E-state index is 12.5. The lowest BCUT2D eigenvalue weighted by molar-refractivity contribution is -0.121. The van der Waals surface area contributed by atoms with Crippen LogP contribution in [0.3, 0.4) is 0 Å². The first kappa shape index (κ1) is 18.8. The van der Waals surface area contributed by atoms with Crippen molar-refractivity contribution < 1.29 is 4.79 Å². The molecule has 1 heterocycles.